The number of benzene rings is 2. The zero-order chi connectivity index (χ0) is 16.4. The molecule has 0 atom stereocenters. The molecule has 0 aliphatic carbocycles. The number of hydrogen-bond acceptors (Lipinski definition) is 3. The van der Waals surface area contributed by atoms with E-state index in [1.165, 1.54) is 4.31 Å². The number of nitrogens with zero attached hydrogens (tertiary/aromatic N) is 1. The largest absolute Gasteiger partial charge is 0.289 e. The molecule has 0 amide bonds. The number of Topliss-reactive ketones (excluding diaryl/α,β-unsaturated/α-hetero) is 1. The van der Waals surface area contributed by atoms with Crippen LogP contribution in [0.4, 0.5) is 0 Å². The fourth-order valence-electron chi connectivity index (χ4n) is 2.51. The van der Waals surface area contributed by atoms with Crippen molar-refractivity contribution in [2.75, 3.05) is 13.1 Å². The zero-order valence-corrected chi connectivity index (χ0v) is 13.6. The Labute approximate surface area is 136 Å². The lowest BCUT2D eigenvalue weighted by Crippen LogP contribution is -2.30. The number of ketones is 1. The molecule has 0 radical (unpaired) electrons. The first-order valence-electron chi connectivity index (χ1n) is 7.34. The van der Waals surface area contributed by atoms with Gasteiger partial charge in [-0.1, -0.05) is 54.1 Å². The number of rotatable bonds is 4. The van der Waals surface area contributed by atoms with E-state index in [0.29, 0.717) is 11.1 Å². The maximum Gasteiger partial charge on any atom is 0.243 e. The summed E-state index contributed by atoms with van der Waals surface area (Å²) in [5, 5.41) is 0. The molecule has 2 aromatic rings. The van der Waals surface area contributed by atoms with Gasteiger partial charge >= 0.3 is 0 Å². The second-order valence-corrected chi connectivity index (χ2v) is 7.47. The highest BCUT2D eigenvalue weighted by Crippen LogP contribution is 2.23. The quantitative estimate of drug-likeness (QED) is 0.812. The van der Waals surface area contributed by atoms with Crippen molar-refractivity contribution >= 4 is 15.8 Å². The fourth-order valence-corrected chi connectivity index (χ4v) is 3.87. The van der Waals surface area contributed by atoms with Crippen LogP contribution < -0.4 is 0 Å². The molecule has 0 spiro atoms. The lowest BCUT2D eigenvalue weighted by Gasteiger charge is -2.16. The van der Waals surface area contributed by atoms with E-state index in [0.717, 1.165) is 5.56 Å². The summed E-state index contributed by atoms with van der Waals surface area (Å²) in [5.41, 5.74) is 2.10. The summed E-state index contributed by atoms with van der Waals surface area (Å²) in [6, 6.07) is 15.6. The van der Waals surface area contributed by atoms with E-state index < -0.39 is 10.0 Å². The summed E-state index contributed by atoms with van der Waals surface area (Å²) >= 11 is 0. The molecular formula is C18H17NO3S. The molecule has 0 saturated heterocycles. The van der Waals surface area contributed by atoms with Crippen LogP contribution in [0.2, 0.25) is 0 Å². The van der Waals surface area contributed by atoms with E-state index in [1.807, 2.05) is 13.0 Å². The van der Waals surface area contributed by atoms with Crippen LogP contribution in [0, 0.1) is 6.92 Å². The van der Waals surface area contributed by atoms with E-state index in [9.17, 15) is 13.2 Å². The maximum absolute atomic E-state index is 12.6. The summed E-state index contributed by atoms with van der Waals surface area (Å²) in [4.78, 5) is 12.7. The van der Waals surface area contributed by atoms with Crippen LogP contribution in [-0.4, -0.2) is 31.6 Å². The normalized spacial score (nSPS) is 15.4. The predicted molar refractivity (Wildman–Crippen MR) is 88.8 cm³/mol. The third-order valence-corrected chi connectivity index (χ3v) is 5.70. The molecule has 0 aromatic heterocycles. The van der Waals surface area contributed by atoms with E-state index in [1.54, 1.807) is 54.6 Å². The monoisotopic (exact) mass is 327 g/mol. The van der Waals surface area contributed by atoms with Crippen LogP contribution in [-0.2, 0) is 10.0 Å². The van der Waals surface area contributed by atoms with Crippen LogP contribution in [0.15, 0.2) is 71.1 Å². The molecule has 1 aliphatic heterocycles. The Morgan fingerprint density at radius 1 is 1.00 bits per heavy atom. The molecule has 23 heavy (non-hydrogen) atoms. The first kappa shape index (κ1) is 15.6. The van der Waals surface area contributed by atoms with Crippen molar-refractivity contribution in [3.05, 3.63) is 77.4 Å². The Morgan fingerprint density at radius 2 is 1.65 bits per heavy atom. The van der Waals surface area contributed by atoms with Crippen molar-refractivity contribution in [3.8, 4) is 0 Å². The van der Waals surface area contributed by atoms with E-state index >= 15 is 0 Å². The number of aryl methyl sites for hydroxylation is 1. The SMILES string of the molecule is Cc1ccc(S(=O)(=O)N2CC=C(C(=O)c3ccccc3)C2)cc1. The Bertz CT molecular complexity index is 853. The van der Waals surface area contributed by atoms with Crippen molar-refractivity contribution in [2.45, 2.75) is 11.8 Å². The van der Waals surface area contributed by atoms with Crippen LogP contribution >= 0.6 is 0 Å². The molecule has 1 heterocycles. The lowest BCUT2D eigenvalue weighted by atomic mass is 10.0. The lowest BCUT2D eigenvalue weighted by molar-refractivity contribution is 0.103. The van der Waals surface area contributed by atoms with Gasteiger partial charge in [-0.05, 0) is 19.1 Å². The molecule has 3 rings (SSSR count). The highest BCUT2D eigenvalue weighted by atomic mass is 32.2. The zero-order valence-electron chi connectivity index (χ0n) is 12.8. The van der Waals surface area contributed by atoms with Gasteiger partial charge < -0.3 is 0 Å². The van der Waals surface area contributed by atoms with Crippen molar-refractivity contribution in [2.24, 2.45) is 0 Å². The summed E-state index contributed by atoms with van der Waals surface area (Å²) < 4.78 is 26.6. The minimum absolute atomic E-state index is 0.115. The first-order chi connectivity index (χ1) is 11.0. The minimum Gasteiger partial charge on any atom is -0.289 e. The first-order valence-corrected chi connectivity index (χ1v) is 8.78. The minimum atomic E-state index is -3.58. The summed E-state index contributed by atoms with van der Waals surface area (Å²) in [7, 11) is -3.58. The predicted octanol–water partition coefficient (Wildman–Crippen LogP) is 2.81. The second-order valence-electron chi connectivity index (χ2n) is 5.54. The molecule has 0 unspecified atom stereocenters. The summed E-state index contributed by atoms with van der Waals surface area (Å²) in [6.07, 6.45) is 1.70. The summed E-state index contributed by atoms with van der Waals surface area (Å²) in [5.74, 6) is -0.118. The van der Waals surface area contributed by atoms with Crippen LogP contribution in [0.1, 0.15) is 15.9 Å². The molecule has 118 valence electrons. The maximum atomic E-state index is 12.6. The van der Waals surface area contributed by atoms with Gasteiger partial charge in [-0.2, -0.15) is 4.31 Å². The topological polar surface area (TPSA) is 54.5 Å². The van der Waals surface area contributed by atoms with Crippen molar-refractivity contribution in [1.29, 1.82) is 0 Å². The van der Waals surface area contributed by atoms with Gasteiger partial charge in [-0.25, -0.2) is 8.42 Å². The third-order valence-electron chi connectivity index (χ3n) is 3.87. The fraction of sp³-hybridized carbons (Fsp3) is 0.167. The molecule has 0 saturated carbocycles. The van der Waals surface area contributed by atoms with E-state index in [-0.39, 0.29) is 23.8 Å². The van der Waals surface area contributed by atoms with Gasteiger partial charge in [-0.3, -0.25) is 4.79 Å². The van der Waals surface area contributed by atoms with Crippen LogP contribution in [0.3, 0.4) is 0 Å². The van der Waals surface area contributed by atoms with Gasteiger partial charge in [0.1, 0.15) is 0 Å². The van der Waals surface area contributed by atoms with Crippen molar-refractivity contribution in [3.63, 3.8) is 0 Å². The molecular weight excluding hydrogens is 310 g/mol. The molecule has 5 heteroatoms. The van der Waals surface area contributed by atoms with Crippen LogP contribution in [0.5, 0.6) is 0 Å². The molecule has 2 aromatic carbocycles. The van der Waals surface area contributed by atoms with Gasteiger partial charge in [0, 0.05) is 24.2 Å². The van der Waals surface area contributed by atoms with Crippen molar-refractivity contribution in [1.82, 2.24) is 4.31 Å². The standard InChI is InChI=1S/C18H17NO3S/c1-14-7-9-17(10-8-14)23(21,22)19-12-11-16(13-19)18(20)15-5-3-2-4-6-15/h2-11H,12-13H2,1H3. The van der Waals surface area contributed by atoms with Gasteiger partial charge in [0.2, 0.25) is 10.0 Å². The van der Waals surface area contributed by atoms with E-state index in [4.69, 9.17) is 0 Å². The molecule has 1 aliphatic rings. The smallest absolute Gasteiger partial charge is 0.243 e. The Kier molecular flexibility index (Phi) is 4.15. The Morgan fingerprint density at radius 3 is 2.30 bits per heavy atom. The molecule has 0 N–H and O–H groups in total. The second kappa shape index (κ2) is 6.10. The van der Waals surface area contributed by atoms with Gasteiger partial charge in [0.05, 0.1) is 4.90 Å². The highest BCUT2D eigenvalue weighted by molar-refractivity contribution is 7.89. The molecule has 0 bridgehead atoms. The molecule has 4 nitrogen and oxygen atoms in total. The summed E-state index contributed by atoms with van der Waals surface area (Å²) in [6.45, 7) is 2.25. The van der Waals surface area contributed by atoms with E-state index in [2.05, 4.69) is 0 Å². The van der Waals surface area contributed by atoms with Crippen molar-refractivity contribution < 1.29 is 13.2 Å². The number of carbonyl (C=O) groups is 1. The average Bonchev–Trinajstić information content (AvgIpc) is 3.06. The molecule has 0 fully saturated rings. The average molecular weight is 327 g/mol. The number of hydrogen-bond donors (Lipinski definition) is 0. The Balaban J connectivity index is 1.78. The third kappa shape index (κ3) is 3.11. The van der Waals surface area contributed by atoms with Gasteiger partial charge in [0.25, 0.3) is 0 Å². The number of carbonyl (C=O) groups excluding carboxylic acids is 1. The highest BCUT2D eigenvalue weighted by Gasteiger charge is 2.30. The Hall–Kier alpha value is -2.24. The number of sulfonamides is 1. The van der Waals surface area contributed by atoms with Gasteiger partial charge in [0.15, 0.2) is 5.78 Å². The van der Waals surface area contributed by atoms with Gasteiger partial charge in [-0.15, -0.1) is 0 Å². The van der Waals surface area contributed by atoms with Crippen LogP contribution in [0.25, 0.3) is 0 Å².